The van der Waals surface area contributed by atoms with Crippen LogP contribution in [0.5, 0.6) is 11.5 Å². The van der Waals surface area contributed by atoms with Crippen LogP contribution in [0.3, 0.4) is 0 Å². The first-order valence-electron chi connectivity index (χ1n) is 10.4. The third-order valence-corrected chi connectivity index (χ3v) is 5.89. The van der Waals surface area contributed by atoms with Gasteiger partial charge < -0.3 is 14.8 Å². The van der Waals surface area contributed by atoms with Gasteiger partial charge in [-0.15, -0.1) is 17.8 Å². The number of ether oxygens (including phenoxy) is 2. The molecule has 1 aromatic heterocycles. The van der Waals surface area contributed by atoms with Crippen LogP contribution < -0.4 is 20.2 Å². The molecule has 0 aliphatic rings. The first-order valence-corrected chi connectivity index (χ1v) is 12.1. The second-order valence-electron chi connectivity index (χ2n) is 7.06. The van der Waals surface area contributed by atoms with Crippen molar-refractivity contribution in [2.75, 3.05) is 18.5 Å². The first-order chi connectivity index (χ1) is 17.2. The van der Waals surface area contributed by atoms with E-state index in [4.69, 9.17) is 15.9 Å². The average Bonchev–Trinajstić information content (AvgIpc) is 3.26. The van der Waals surface area contributed by atoms with Crippen molar-refractivity contribution in [3.8, 4) is 23.8 Å². The van der Waals surface area contributed by atoms with E-state index in [-0.39, 0.29) is 18.7 Å². The maximum atomic E-state index is 12.9. The highest BCUT2D eigenvalue weighted by molar-refractivity contribution is 9.10. The summed E-state index contributed by atoms with van der Waals surface area (Å²) in [6, 6.07) is 8.17. The molecule has 0 atom stereocenters. The average molecular weight is 581 g/mol. The Labute approximate surface area is 217 Å². The Kier molecular flexibility index (Phi) is 9.32. The molecule has 3 rings (SSSR count). The molecule has 0 bridgehead atoms. The standard InChI is InChI=1S/C24H20BrF3N4O3S/c1-3-8-35-21-12-19(25)15(9-20(21)34-4-2)13-29-32-22(33)11-18-14-36-23(31-18)30-17-7-5-6-16(10-17)24(26,27)28/h1,5-7,9-10,12-14H,4,8,11H2,2H3,(H,30,31)(H,32,33)/b29-13-. The van der Waals surface area contributed by atoms with Gasteiger partial charge in [0.15, 0.2) is 16.6 Å². The smallest absolute Gasteiger partial charge is 0.416 e. The number of benzene rings is 2. The lowest BCUT2D eigenvalue weighted by Crippen LogP contribution is -2.20. The fourth-order valence-corrected chi connectivity index (χ4v) is 4.03. The van der Waals surface area contributed by atoms with E-state index >= 15 is 0 Å². The number of rotatable bonds is 10. The van der Waals surface area contributed by atoms with Crippen LogP contribution in [0, 0.1) is 12.3 Å². The summed E-state index contributed by atoms with van der Waals surface area (Å²) in [6.45, 7) is 2.34. The molecule has 1 amide bonds. The highest BCUT2D eigenvalue weighted by atomic mass is 79.9. The summed E-state index contributed by atoms with van der Waals surface area (Å²) in [5, 5.41) is 8.79. The van der Waals surface area contributed by atoms with E-state index < -0.39 is 17.6 Å². The van der Waals surface area contributed by atoms with E-state index in [1.807, 2.05) is 6.92 Å². The molecule has 12 heteroatoms. The maximum Gasteiger partial charge on any atom is 0.416 e. The van der Waals surface area contributed by atoms with Gasteiger partial charge in [0.2, 0.25) is 5.91 Å². The number of amides is 1. The molecular formula is C24H20BrF3N4O3S. The Morgan fingerprint density at radius 2 is 2.06 bits per heavy atom. The topological polar surface area (TPSA) is 84.8 Å². The minimum Gasteiger partial charge on any atom is -0.490 e. The maximum absolute atomic E-state index is 12.9. The lowest BCUT2D eigenvalue weighted by Gasteiger charge is -2.12. The van der Waals surface area contributed by atoms with E-state index in [0.29, 0.717) is 39.0 Å². The number of hydrogen-bond donors (Lipinski definition) is 2. The Morgan fingerprint density at radius 1 is 1.28 bits per heavy atom. The van der Waals surface area contributed by atoms with Crippen LogP contribution >= 0.6 is 27.3 Å². The van der Waals surface area contributed by atoms with Crippen LogP contribution in [0.4, 0.5) is 24.0 Å². The van der Waals surface area contributed by atoms with E-state index in [1.54, 1.807) is 17.5 Å². The number of thiazole rings is 1. The molecular weight excluding hydrogens is 561 g/mol. The zero-order chi connectivity index (χ0) is 26.1. The summed E-state index contributed by atoms with van der Waals surface area (Å²) in [6.07, 6.45) is 2.17. The summed E-state index contributed by atoms with van der Waals surface area (Å²) >= 11 is 4.59. The van der Waals surface area contributed by atoms with Crippen molar-refractivity contribution < 1.29 is 27.4 Å². The predicted octanol–water partition coefficient (Wildman–Crippen LogP) is 5.77. The van der Waals surface area contributed by atoms with Gasteiger partial charge in [-0.3, -0.25) is 4.79 Å². The number of hydrazone groups is 1. The monoisotopic (exact) mass is 580 g/mol. The second-order valence-corrected chi connectivity index (χ2v) is 8.78. The lowest BCUT2D eigenvalue weighted by molar-refractivity contribution is -0.137. The molecule has 0 aliphatic carbocycles. The van der Waals surface area contributed by atoms with Crippen LogP contribution in [-0.2, 0) is 17.4 Å². The fourth-order valence-electron chi connectivity index (χ4n) is 2.87. The number of carbonyl (C=O) groups excluding carboxylic acids is 1. The molecule has 2 N–H and O–H groups in total. The van der Waals surface area contributed by atoms with Gasteiger partial charge in [-0.25, -0.2) is 10.4 Å². The van der Waals surface area contributed by atoms with E-state index in [2.05, 4.69) is 42.7 Å². The Hall–Kier alpha value is -3.56. The molecule has 0 aliphatic heterocycles. The summed E-state index contributed by atoms with van der Waals surface area (Å²) < 4.78 is 50.4. The number of carbonyl (C=O) groups is 1. The van der Waals surface area contributed by atoms with Crippen molar-refractivity contribution in [3.05, 3.63) is 63.1 Å². The molecule has 1 heterocycles. The molecule has 188 valence electrons. The zero-order valence-corrected chi connectivity index (χ0v) is 21.3. The molecule has 0 saturated carbocycles. The zero-order valence-electron chi connectivity index (χ0n) is 18.9. The van der Waals surface area contributed by atoms with Gasteiger partial charge in [-0.1, -0.05) is 12.0 Å². The van der Waals surface area contributed by atoms with Gasteiger partial charge >= 0.3 is 6.18 Å². The Morgan fingerprint density at radius 3 is 2.78 bits per heavy atom. The van der Waals surface area contributed by atoms with Crippen molar-refractivity contribution in [1.82, 2.24) is 10.4 Å². The Balaban J connectivity index is 1.59. The molecule has 0 saturated heterocycles. The van der Waals surface area contributed by atoms with Crippen LogP contribution in [0.25, 0.3) is 0 Å². The van der Waals surface area contributed by atoms with Crippen molar-refractivity contribution in [3.63, 3.8) is 0 Å². The number of hydrogen-bond acceptors (Lipinski definition) is 7. The molecule has 2 aromatic carbocycles. The minimum atomic E-state index is -4.44. The molecule has 0 fully saturated rings. The highest BCUT2D eigenvalue weighted by Crippen LogP contribution is 2.33. The lowest BCUT2D eigenvalue weighted by atomic mass is 10.2. The van der Waals surface area contributed by atoms with Crippen LogP contribution in [-0.4, -0.2) is 30.3 Å². The van der Waals surface area contributed by atoms with Crippen LogP contribution in [0.1, 0.15) is 23.7 Å². The molecule has 36 heavy (non-hydrogen) atoms. The SMILES string of the molecule is C#CCOc1cc(Br)c(/C=N\NC(=O)Cc2csc(Nc3cccc(C(F)(F)F)c3)n2)cc1OCC. The van der Waals surface area contributed by atoms with Crippen LogP contribution in [0.15, 0.2) is 51.4 Å². The van der Waals surface area contributed by atoms with Crippen molar-refractivity contribution >= 4 is 50.2 Å². The number of terminal acetylenes is 1. The Bertz CT molecular complexity index is 1290. The van der Waals surface area contributed by atoms with Gasteiger partial charge in [0.1, 0.15) is 6.61 Å². The summed E-state index contributed by atoms with van der Waals surface area (Å²) in [5.41, 5.74) is 2.97. The van der Waals surface area contributed by atoms with Gasteiger partial charge in [0, 0.05) is 21.1 Å². The first kappa shape index (κ1) is 27.0. The minimum absolute atomic E-state index is 0.0671. The van der Waals surface area contributed by atoms with Gasteiger partial charge in [0.05, 0.1) is 30.5 Å². The van der Waals surface area contributed by atoms with Gasteiger partial charge in [-0.2, -0.15) is 18.3 Å². The number of anilines is 2. The van der Waals surface area contributed by atoms with Crippen LogP contribution in [0.2, 0.25) is 0 Å². The van der Waals surface area contributed by atoms with Gasteiger partial charge in [0.25, 0.3) is 0 Å². The van der Waals surface area contributed by atoms with Crippen molar-refractivity contribution in [2.45, 2.75) is 19.5 Å². The summed E-state index contributed by atoms with van der Waals surface area (Å²) in [5.74, 6) is 2.92. The normalized spacial score (nSPS) is 11.2. The van der Waals surface area contributed by atoms with Gasteiger partial charge in [-0.05, 0) is 53.2 Å². The molecule has 7 nitrogen and oxygen atoms in total. The quantitative estimate of drug-likeness (QED) is 0.181. The second kappa shape index (κ2) is 12.4. The number of nitrogens with one attached hydrogen (secondary N) is 2. The third-order valence-electron chi connectivity index (χ3n) is 4.40. The number of nitrogens with zero attached hydrogens (tertiary/aromatic N) is 2. The van der Waals surface area contributed by atoms with E-state index in [1.165, 1.54) is 29.7 Å². The number of alkyl halides is 3. The third kappa shape index (κ3) is 7.73. The van der Waals surface area contributed by atoms with Crippen molar-refractivity contribution in [2.24, 2.45) is 5.10 Å². The molecule has 0 radical (unpaired) electrons. The molecule has 0 spiro atoms. The fraction of sp³-hybridized carbons (Fsp3) is 0.208. The number of halogens is 4. The highest BCUT2D eigenvalue weighted by Gasteiger charge is 2.30. The summed E-state index contributed by atoms with van der Waals surface area (Å²) in [4.78, 5) is 16.5. The molecule has 0 unspecified atom stereocenters. The molecule has 3 aromatic rings. The summed E-state index contributed by atoms with van der Waals surface area (Å²) in [7, 11) is 0. The number of aromatic nitrogens is 1. The largest absolute Gasteiger partial charge is 0.490 e. The van der Waals surface area contributed by atoms with Crippen molar-refractivity contribution in [1.29, 1.82) is 0 Å². The van der Waals surface area contributed by atoms with E-state index in [0.717, 1.165) is 12.1 Å². The predicted molar refractivity (Wildman–Crippen MR) is 136 cm³/mol. The van der Waals surface area contributed by atoms with E-state index in [9.17, 15) is 18.0 Å².